The summed E-state index contributed by atoms with van der Waals surface area (Å²) in [6.45, 7) is 3.50. The summed E-state index contributed by atoms with van der Waals surface area (Å²) >= 11 is 5.87. The van der Waals surface area contributed by atoms with Gasteiger partial charge in [-0.3, -0.25) is 4.90 Å². The zero-order chi connectivity index (χ0) is 13.1. The SMILES string of the molecule is CCC(c1cccc(Cl)c1F)N(CCN)C1CC1.Cl. The second-order valence-corrected chi connectivity index (χ2v) is 5.23. The molecule has 1 fully saturated rings. The highest BCUT2D eigenvalue weighted by atomic mass is 35.5. The smallest absolute Gasteiger partial charge is 0.146 e. The van der Waals surface area contributed by atoms with Gasteiger partial charge in [-0.1, -0.05) is 30.7 Å². The van der Waals surface area contributed by atoms with Crippen molar-refractivity contribution in [2.45, 2.75) is 38.3 Å². The molecule has 1 aliphatic rings. The molecule has 2 nitrogen and oxygen atoms in total. The van der Waals surface area contributed by atoms with Crippen LogP contribution in [0.5, 0.6) is 0 Å². The highest BCUT2D eigenvalue weighted by Gasteiger charge is 2.34. The van der Waals surface area contributed by atoms with Crippen molar-refractivity contribution in [3.05, 3.63) is 34.6 Å². The van der Waals surface area contributed by atoms with E-state index in [0.717, 1.165) is 13.0 Å². The molecule has 5 heteroatoms. The second kappa shape index (κ2) is 7.44. The highest BCUT2D eigenvalue weighted by molar-refractivity contribution is 6.30. The normalized spacial score (nSPS) is 16.3. The Bertz CT molecular complexity index is 410. The maximum atomic E-state index is 14.1. The standard InChI is InChI=1S/C14H20ClFN2.ClH/c1-2-13(18(9-8-17)10-6-7-10)11-4-3-5-12(15)14(11)16;/h3-5,10,13H,2,6-9,17H2,1H3;1H. The molecule has 0 aliphatic heterocycles. The molecule has 108 valence electrons. The lowest BCUT2D eigenvalue weighted by atomic mass is 10.0. The van der Waals surface area contributed by atoms with E-state index in [1.165, 1.54) is 12.8 Å². The maximum absolute atomic E-state index is 14.1. The first-order valence-electron chi connectivity index (χ1n) is 6.58. The molecule has 0 amide bonds. The summed E-state index contributed by atoms with van der Waals surface area (Å²) < 4.78 is 14.1. The Morgan fingerprint density at radius 3 is 2.68 bits per heavy atom. The van der Waals surface area contributed by atoms with Gasteiger partial charge in [0.25, 0.3) is 0 Å². The molecule has 1 aliphatic carbocycles. The summed E-state index contributed by atoms with van der Waals surface area (Å²) in [5.74, 6) is -0.284. The van der Waals surface area contributed by atoms with Crippen LogP contribution < -0.4 is 5.73 Å². The van der Waals surface area contributed by atoms with E-state index in [2.05, 4.69) is 11.8 Å². The molecule has 1 aromatic rings. The van der Waals surface area contributed by atoms with Gasteiger partial charge in [0.2, 0.25) is 0 Å². The van der Waals surface area contributed by atoms with Gasteiger partial charge in [0.1, 0.15) is 5.82 Å². The van der Waals surface area contributed by atoms with Gasteiger partial charge in [0.15, 0.2) is 0 Å². The van der Waals surface area contributed by atoms with Crippen molar-refractivity contribution in [1.29, 1.82) is 0 Å². The Labute approximate surface area is 125 Å². The third-order valence-corrected chi connectivity index (χ3v) is 3.82. The van der Waals surface area contributed by atoms with E-state index in [9.17, 15) is 4.39 Å². The van der Waals surface area contributed by atoms with Crippen molar-refractivity contribution in [3.8, 4) is 0 Å². The summed E-state index contributed by atoms with van der Waals surface area (Å²) in [5.41, 5.74) is 6.37. The molecule has 0 heterocycles. The van der Waals surface area contributed by atoms with Crippen molar-refractivity contribution in [2.24, 2.45) is 5.73 Å². The van der Waals surface area contributed by atoms with E-state index < -0.39 is 0 Å². The third-order valence-electron chi connectivity index (χ3n) is 3.53. The lowest BCUT2D eigenvalue weighted by molar-refractivity contribution is 0.183. The van der Waals surface area contributed by atoms with E-state index in [4.69, 9.17) is 17.3 Å². The van der Waals surface area contributed by atoms with Gasteiger partial charge in [-0.15, -0.1) is 12.4 Å². The zero-order valence-corrected chi connectivity index (χ0v) is 12.7. The molecule has 1 atom stereocenters. The minimum absolute atomic E-state index is 0. The minimum Gasteiger partial charge on any atom is -0.329 e. The second-order valence-electron chi connectivity index (χ2n) is 4.82. The molecule has 19 heavy (non-hydrogen) atoms. The number of rotatable bonds is 6. The Morgan fingerprint density at radius 1 is 1.47 bits per heavy atom. The Morgan fingerprint density at radius 2 is 2.16 bits per heavy atom. The Hall–Kier alpha value is -0.350. The Kier molecular flexibility index (Phi) is 6.54. The van der Waals surface area contributed by atoms with Crippen LogP contribution in [-0.4, -0.2) is 24.0 Å². The van der Waals surface area contributed by atoms with Crippen molar-refractivity contribution >= 4 is 24.0 Å². The number of nitrogens with zero attached hydrogens (tertiary/aromatic N) is 1. The van der Waals surface area contributed by atoms with Crippen LogP contribution in [0.4, 0.5) is 4.39 Å². The molecule has 0 saturated heterocycles. The summed E-state index contributed by atoms with van der Waals surface area (Å²) in [6.07, 6.45) is 3.26. The predicted octanol–water partition coefficient (Wildman–Crippen LogP) is 3.78. The average molecular weight is 307 g/mol. The quantitative estimate of drug-likeness (QED) is 0.866. The molecule has 0 spiro atoms. The fourth-order valence-electron chi connectivity index (χ4n) is 2.56. The highest BCUT2D eigenvalue weighted by Crippen LogP contribution is 2.37. The van der Waals surface area contributed by atoms with Crippen molar-refractivity contribution in [3.63, 3.8) is 0 Å². The zero-order valence-electron chi connectivity index (χ0n) is 11.1. The average Bonchev–Trinajstić information content (AvgIpc) is 3.18. The lowest BCUT2D eigenvalue weighted by Crippen LogP contribution is -2.35. The topological polar surface area (TPSA) is 29.3 Å². The fourth-order valence-corrected chi connectivity index (χ4v) is 2.74. The van der Waals surface area contributed by atoms with Gasteiger partial charge in [-0.2, -0.15) is 0 Å². The first-order chi connectivity index (χ1) is 8.69. The molecule has 0 aromatic heterocycles. The van der Waals surface area contributed by atoms with Crippen LogP contribution in [0, 0.1) is 5.82 Å². The van der Waals surface area contributed by atoms with Crippen LogP contribution in [-0.2, 0) is 0 Å². The molecule has 0 radical (unpaired) electrons. The predicted molar refractivity (Wildman–Crippen MR) is 80.5 cm³/mol. The molecule has 1 saturated carbocycles. The molecular formula is C14H21Cl2FN2. The van der Waals surface area contributed by atoms with Crippen LogP contribution in [0.3, 0.4) is 0 Å². The fraction of sp³-hybridized carbons (Fsp3) is 0.571. The molecule has 2 rings (SSSR count). The molecular weight excluding hydrogens is 286 g/mol. The van der Waals surface area contributed by atoms with E-state index in [1.807, 2.05) is 12.1 Å². The first kappa shape index (κ1) is 16.7. The lowest BCUT2D eigenvalue weighted by Gasteiger charge is -2.31. The molecule has 1 unspecified atom stereocenters. The summed E-state index contributed by atoms with van der Waals surface area (Å²) in [7, 11) is 0. The van der Waals surface area contributed by atoms with Crippen LogP contribution in [0.15, 0.2) is 18.2 Å². The summed E-state index contributed by atoms with van der Waals surface area (Å²) in [5, 5.41) is 0.203. The first-order valence-corrected chi connectivity index (χ1v) is 6.96. The van der Waals surface area contributed by atoms with Gasteiger partial charge in [-0.25, -0.2) is 4.39 Å². The number of benzene rings is 1. The van der Waals surface area contributed by atoms with Crippen molar-refractivity contribution in [2.75, 3.05) is 13.1 Å². The molecule has 1 aromatic carbocycles. The van der Waals surface area contributed by atoms with Crippen LogP contribution in [0.25, 0.3) is 0 Å². The van der Waals surface area contributed by atoms with Gasteiger partial charge < -0.3 is 5.73 Å². The summed E-state index contributed by atoms with van der Waals surface area (Å²) in [4.78, 5) is 2.33. The Balaban J connectivity index is 0.00000180. The monoisotopic (exact) mass is 306 g/mol. The molecule has 0 bridgehead atoms. The van der Waals surface area contributed by atoms with Crippen molar-refractivity contribution < 1.29 is 4.39 Å². The van der Waals surface area contributed by atoms with Gasteiger partial charge in [-0.05, 0) is 25.3 Å². The van der Waals surface area contributed by atoms with Gasteiger partial charge >= 0.3 is 0 Å². The van der Waals surface area contributed by atoms with E-state index in [-0.39, 0.29) is 29.3 Å². The van der Waals surface area contributed by atoms with E-state index >= 15 is 0 Å². The van der Waals surface area contributed by atoms with Crippen LogP contribution in [0.2, 0.25) is 5.02 Å². The van der Waals surface area contributed by atoms with Crippen LogP contribution in [0.1, 0.15) is 37.8 Å². The van der Waals surface area contributed by atoms with Gasteiger partial charge in [0.05, 0.1) is 5.02 Å². The van der Waals surface area contributed by atoms with Crippen LogP contribution >= 0.6 is 24.0 Å². The minimum atomic E-state index is -0.284. The number of hydrogen-bond donors (Lipinski definition) is 1. The van der Waals surface area contributed by atoms with E-state index in [0.29, 0.717) is 18.2 Å². The molecule has 2 N–H and O–H groups in total. The number of halogens is 3. The van der Waals surface area contributed by atoms with Gasteiger partial charge in [0, 0.05) is 30.7 Å². The largest absolute Gasteiger partial charge is 0.329 e. The number of nitrogens with two attached hydrogens (primary N) is 1. The summed E-state index contributed by atoms with van der Waals surface area (Å²) in [6, 6.07) is 5.90. The number of hydrogen-bond acceptors (Lipinski definition) is 2. The third kappa shape index (κ3) is 3.82. The van der Waals surface area contributed by atoms with E-state index in [1.54, 1.807) is 6.07 Å². The maximum Gasteiger partial charge on any atom is 0.146 e. The van der Waals surface area contributed by atoms with Crippen molar-refractivity contribution in [1.82, 2.24) is 4.90 Å².